The first-order valence-corrected chi connectivity index (χ1v) is 11.9. The minimum atomic E-state index is -0.935. The van der Waals surface area contributed by atoms with Crippen molar-refractivity contribution in [2.45, 2.75) is 32.3 Å². The van der Waals surface area contributed by atoms with E-state index in [1.165, 1.54) is 12.5 Å². The molecule has 1 aliphatic rings. The van der Waals surface area contributed by atoms with Crippen molar-refractivity contribution in [3.63, 3.8) is 0 Å². The smallest absolute Gasteiger partial charge is 0.330 e. The van der Waals surface area contributed by atoms with E-state index < -0.39 is 5.97 Å². The van der Waals surface area contributed by atoms with Crippen LogP contribution in [0.2, 0.25) is 0 Å². The summed E-state index contributed by atoms with van der Waals surface area (Å²) in [6.07, 6.45) is 2.23. The molecule has 1 saturated heterocycles. The third kappa shape index (κ3) is 11.7. The first-order chi connectivity index (χ1) is 17.0. The van der Waals surface area contributed by atoms with Gasteiger partial charge in [0, 0.05) is 11.0 Å². The van der Waals surface area contributed by atoms with Crippen molar-refractivity contribution in [3.8, 4) is 11.5 Å². The Hall–Kier alpha value is -3.54. The Bertz CT molecular complexity index is 1010. The van der Waals surface area contributed by atoms with Gasteiger partial charge in [-0.15, -0.1) is 11.6 Å². The highest BCUT2D eigenvalue weighted by molar-refractivity contribution is 6.18. The number of carboxylic acid groups (broad SMARTS) is 1. The van der Waals surface area contributed by atoms with Crippen LogP contribution in [0.5, 0.6) is 11.5 Å². The van der Waals surface area contributed by atoms with Crippen LogP contribution in [0.1, 0.15) is 37.5 Å². The van der Waals surface area contributed by atoms with Gasteiger partial charge in [0.2, 0.25) is 0 Å². The molecule has 1 unspecified atom stereocenters. The summed E-state index contributed by atoms with van der Waals surface area (Å²) in [7, 11) is 0. The zero-order chi connectivity index (χ0) is 27.1. The molecule has 3 aromatic carbocycles. The fourth-order valence-corrected chi connectivity index (χ4v) is 2.85. The number of phenolic OH excluding ortho intramolecular Hbond substituents is 2. The van der Waals surface area contributed by atoms with Crippen molar-refractivity contribution in [2.75, 3.05) is 12.5 Å². The molecule has 0 aliphatic carbocycles. The number of rotatable bonds is 5. The second kappa shape index (κ2) is 15.5. The molecule has 0 bridgehead atoms. The molecule has 36 heavy (non-hydrogen) atoms. The van der Waals surface area contributed by atoms with Crippen LogP contribution in [0.15, 0.2) is 97.6 Å². The van der Waals surface area contributed by atoms with Crippen LogP contribution in [0.4, 0.5) is 0 Å². The lowest BCUT2D eigenvalue weighted by atomic mass is 9.78. The van der Waals surface area contributed by atoms with Crippen molar-refractivity contribution in [2.24, 2.45) is 0 Å². The molecule has 0 radical (unpaired) electrons. The minimum absolute atomic E-state index is 0.151. The summed E-state index contributed by atoms with van der Waals surface area (Å²) in [6, 6.07) is 24.5. The van der Waals surface area contributed by atoms with E-state index in [1.807, 2.05) is 60.7 Å². The van der Waals surface area contributed by atoms with Gasteiger partial charge in [-0.1, -0.05) is 87.7 Å². The number of aliphatic carboxylic acids is 1. The van der Waals surface area contributed by atoms with Crippen molar-refractivity contribution < 1.29 is 24.9 Å². The Morgan fingerprint density at radius 1 is 0.972 bits per heavy atom. The predicted octanol–water partition coefficient (Wildman–Crippen LogP) is 7.02. The highest BCUT2D eigenvalue weighted by Gasteiger charge is 2.22. The maximum atomic E-state index is 9.60. The summed E-state index contributed by atoms with van der Waals surface area (Å²) in [5.74, 6) is 0.278. The topological polar surface area (TPSA) is 90.3 Å². The summed E-state index contributed by atoms with van der Waals surface area (Å²) in [5.41, 5.74) is 3.45. The van der Waals surface area contributed by atoms with Crippen molar-refractivity contribution in [1.29, 1.82) is 0 Å². The van der Waals surface area contributed by atoms with E-state index in [0.717, 1.165) is 17.7 Å². The number of phenols is 2. The molecule has 3 aromatic rings. The van der Waals surface area contributed by atoms with Crippen molar-refractivity contribution in [3.05, 3.63) is 114 Å². The molecule has 0 amide bonds. The molecule has 192 valence electrons. The Labute approximate surface area is 219 Å². The lowest BCUT2D eigenvalue weighted by Crippen LogP contribution is -2.18. The van der Waals surface area contributed by atoms with E-state index >= 15 is 0 Å². The average molecular weight is 511 g/mol. The van der Waals surface area contributed by atoms with Gasteiger partial charge in [0.05, 0.1) is 18.6 Å². The van der Waals surface area contributed by atoms with E-state index in [9.17, 15) is 15.0 Å². The highest BCUT2D eigenvalue weighted by atomic mass is 35.5. The first kappa shape index (κ1) is 30.5. The number of carbonyl (C=O) groups is 1. The summed E-state index contributed by atoms with van der Waals surface area (Å²) >= 11 is 5.27. The molecule has 4 rings (SSSR count). The number of benzene rings is 3. The highest BCUT2D eigenvalue weighted by Crippen LogP contribution is 2.32. The zero-order valence-corrected chi connectivity index (χ0v) is 21.8. The number of alkyl halides is 1. The van der Waals surface area contributed by atoms with Gasteiger partial charge in [0.15, 0.2) is 0 Å². The van der Waals surface area contributed by atoms with Gasteiger partial charge in [-0.3, -0.25) is 0 Å². The predicted molar refractivity (Wildman–Crippen MR) is 148 cm³/mol. The molecule has 1 fully saturated rings. The molecule has 1 atom stereocenters. The number of ether oxygens (including phenoxy) is 1. The van der Waals surface area contributed by atoms with Crippen LogP contribution in [0.25, 0.3) is 6.08 Å². The number of epoxide rings is 1. The number of carboxylic acids is 1. The van der Waals surface area contributed by atoms with Crippen LogP contribution in [-0.4, -0.2) is 39.9 Å². The normalized spacial score (nSPS) is 13.3. The van der Waals surface area contributed by atoms with E-state index in [-0.39, 0.29) is 22.5 Å². The fraction of sp³-hybridized carbons (Fsp3) is 0.233. The molecule has 0 spiro atoms. The summed E-state index contributed by atoms with van der Waals surface area (Å²) in [4.78, 5) is 9.60. The molecular formula is C30H35ClO5. The Kier molecular flexibility index (Phi) is 13.1. The van der Waals surface area contributed by atoms with E-state index in [1.54, 1.807) is 24.3 Å². The van der Waals surface area contributed by atoms with E-state index in [2.05, 4.69) is 27.0 Å². The molecular weight excluding hydrogens is 476 g/mol. The summed E-state index contributed by atoms with van der Waals surface area (Å²) < 4.78 is 4.73. The van der Waals surface area contributed by atoms with Crippen LogP contribution < -0.4 is 0 Å². The third-order valence-corrected chi connectivity index (χ3v) is 5.50. The van der Waals surface area contributed by atoms with Gasteiger partial charge in [-0.05, 0) is 47.9 Å². The van der Waals surface area contributed by atoms with Gasteiger partial charge in [-0.25, -0.2) is 4.79 Å². The maximum Gasteiger partial charge on any atom is 0.330 e. The van der Waals surface area contributed by atoms with E-state index in [0.29, 0.717) is 12.0 Å². The van der Waals surface area contributed by atoms with Crippen LogP contribution in [-0.2, 0) is 14.9 Å². The maximum absolute atomic E-state index is 9.60. The zero-order valence-electron chi connectivity index (χ0n) is 21.0. The molecule has 6 heteroatoms. The molecule has 0 aromatic heterocycles. The number of hydrogen-bond donors (Lipinski definition) is 3. The lowest BCUT2D eigenvalue weighted by molar-refractivity contribution is -0.132. The Morgan fingerprint density at radius 3 is 1.58 bits per heavy atom. The van der Waals surface area contributed by atoms with Crippen LogP contribution in [0.3, 0.4) is 0 Å². The molecule has 1 heterocycles. The fourth-order valence-electron chi connectivity index (χ4n) is 2.67. The van der Waals surface area contributed by atoms with Crippen molar-refractivity contribution >= 4 is 23.6 Å². The first-order valence-electron chi connectivity index (χ1n) is 11.3. The van der Waals surface area contributed by atoms with Crippen LogP contribution >= 0.6 is 11.6 Å². The van der Waals surface area contributed by atoms with Gasteiger partial charge in [0.1, 0.15) is 11.5 Å². The quantitative estimate of drug-likeness (QED) is 0.195. The van der Waals surface area contributed by atoms with Gasteiger partial charge >= 0.3 is 5.97 Å². The molecule has 5 nitrogen and oxygen atoms in total. The Morgan fingerprint density at radius 2 is 1.36 bits per heavy atom. The van der Waals surface area contributed by atoms with Crippen molar-refractivity contribution in [1.82, 2.24) is 0 Å². The van der Waals surface area contributed by atoms with E-state index in [4.69, 9.17) is 21.4 Å². The SMILES string of the molecule is C=C(C)C(=O)O.C=Cc1ccccc1.CC(C)(c1ccc(O)cc1)c1ccc(O)cc1.ClCC1CO1. The molecule has 0 saturated carbocycles. The number of aromatic hydroxyl groups is 2. The second-order valence-electron chi connectivity index (χ2n) is 8.53. The summed E-state index contributed by atoms with van der Waals surface area (Å²) in [5, 5.41) is 26.5. The number of hydrogen-bond acceptors (Lipinski definition) is 4. The minimum Gasteiger partial charge on any atom is -0.508 e. The number of halogens is 1. The Balaban J connectivity index is 0.000000281. The standard InChI is InChI=1S/C15H16O2.C8H8.C4H6O2.C3H5ClO/c1-15(2,11-3-7-13(16)8-4-11)12-5-9-14(17)10-6-12;1-2-8-6-4-3-5-7-8;1-3(2)4(5)6;4-1-3-2-5-3/h3-10,16-17H,1-2H3;2-7H,1H2;1H2,2H3,(H,5,6);3H,1-2H2. The van der Waals surface area contributed by atoms with Crippen LogP contribution in [0, 0.1) is 0 Å². The lowest BCUT2D eigenvalue weighted by Gasteiger charge is -2.26. The molecule has 3 N–H and O–H groups in total. The largest absolute Gasteiger partial charge is 0.508 e. The second-order valence-corrected chi connectivity index (χ2v) is 8.84. The average Bonchev–Trinajstić information content (AvgIpc) is 3.71. The summed E-state index contributed by atoms with van der Waals surface area (Å²) in [6.45, 7) is 13.3. The van der Waals surface area contributed by atoms with Gasteiger partial charge < -0.3 is 20.1 Å². The monoisotopic (exact) mass is 510 g/mol. The van der Waals surface area contributed by atoms with Gasteiger partial charge in [0.25, 0.3) is 0 Å². The third-order valence-electron chi connectivity index (χ3n) is 5.15. The van der Waals surface area contributed by atoms with Gasteiger partial charge in [-0.2, -0.15) is 0 Å². The molecule has 1 aliphatic heterocycles.